The van der Waals surface area contributed by atoms with Crippen molar-refractivity contribution in [2.75, 3.05) is 5.88 Å². The topological polar surface area (TPSA) is 29.1 Å². The Hall–Kier alpha value is -1.02. The second kappa shape index (κ2) is 7.84. The van der Waals surface area contributed by atoms with E-state index in [0.29, 0.717) is 12.3 Å². The predicted molar refractivity (Wildman–Crippen MR) is 88.5 cm³/mol. The van der Waals surface area contributed by atoms with Crippen molar-refractivity contribution in [2.45, 2.75) is 57.4 Å². The van der Waals surface area contributed by atoms with E-state index in [4.69, 9.17) is 11.6 Å². The Bertz CT molecular complexity index is 442. The Balaban J connectivity index is 1.87. The quantitative estimate of drug-likeness (QED) is 0.764. The van der Waals surface area contributed by atoms with E-state index in [1.807, 2.05) is 37.3 Å². The predicted octanol–water partition coefficient (Wildman–Crippen LogP) is 4.62. The molecule has 1 unspecified atom stereocenters. The molecule has 2 nitrogen and oxygen atoms in total. The summed E-state index contributed by atoms with van der Waals surface area (Å²) >= 11 is 6.12. The van der Waals surface area contributed by atoms with Gasteiger partial charge in [0.1, 0.15) is 0 Å². The van der Waals surface area contributed by atoms with Gasteiger partial charge < -0.3 is 5.32 Å². The van der Waals surface area contributed by atoms with Gasteiger partial charge in [-0.25, -0.2) is 0 Å². The zero-order valence-electron chi connectivity index (χ0n) is 12.9. The molecule has 1 fully saturated rings. The molecule has 1 saturated carbocycles. The Labute approximate surface area is 133 Å². The van der Waals surface area contributed by atoms with Crippen molar-refractivity contribution in [3.63, 3.8) is 0 Å². The van der Waals surface area contributed by atoms with Crippen LogP contribution >= 0.6 is 11.6 Å². The fourth-order valence-electron chi connectivity index (χ4n) is 3.17. The highest BCUT2D eigenvalue weighted by molar-refractivity contribution is 6.18. The SMILES string of the molecule is CC(CCl)(NC(=O)CCC1CCCCC1)c1ccccc1. The number of rotatable bonds is 6. The number of nitrogens with one attached hydrogen (secondary N) is 1. The van der Waals surface area contributed by atoms with E-state index >= 15 is 0 Å². The van der Waals surface area contributed by atoms with Gasteiger partial charge >= 0.3 is 0 Å². The van der Waals surface area contributed by atoms with Gasteiger partial charge in [-0.3, -0.25) is 4.79 Å². The third kappa shape index (κ3) is 4.74. The number of hydrogen-bond acceptors (Lipinski definition) is 1. The summed E-state index contributed by atoms with van der Waals surface area (Å²) in [6.07, 6.45) is 8.23. The van der Waals surface area contributed by atoms with Gasteiger partial charge in [0.25, 0.3) is 0 Å². The number of benzene rings is 1. The lowest BCUT2D eigenvalue weighted by Crippen LogP contribution is -2.45. The molecule has 21 heavy (non-hydrogen) atoms. The second-order valence-electron chi connectivity index (χ2n) is 6.42. The zero-order chi connectivity index (χ0) is 15.1. The van der Waals surface area contributed by atoms with E-state index in [2.05, 4.69) is 5.32 Å². The molecule has 1 atom stereocenters. The molecule has 3 heteroatoms. The first-order chi connectivity index (χ1) is 10.1. The summed E-state index contributed by atoms with van der Waals surface area (Å²) in [5.41, 5.74) is 0.581. The molecule has 0 bridgehead atoms. The third-order valence-electron chi connectivity index (χ3n) is 4.60. The van der Waals surface area contributed by atoms with Gasteiger partial charge in [0.2, 0.25) is 5.91 Å². The molecule has 1 aliphatic carbocycles. The number of hydrogen-bond donors (Lipinski definition) is 1. The van der Waals surface area contributed by atoms with Gasteiger partial charge in [-0.15, -0.1) is 11.6 Å². The summed E-state index contributed by atoms with van der Waals surface area (Å²) < 4.78 is 0. The van der Waals surface area contributed by atoms with Crippen molar-refractivity contribution in [1.82, 2.24) is 5.32 Å². The first kappa shape index (κ1) is 16.4. The molecule has 1 aromatic carbocycles. The molecule has 1 amide bonds. The lowest BCUT2D eigenvalue weighted by atomic mass is 9.86. The lowest BCUT2D eigenvalue weighted by molar-refractivity contribution is -0.123. The molecule has 0 heterocycles. The summed E-state index contributed by atoms with van der Waals surface area (Å²) in [5, 5.41) is 3.13. The third-order valence-corrected chi connectivity index (χ3v) is 5.13. The van der Waals surface area contributed by atoms with Crippen LogP contribution in [0.5, 0.6) is 0 Å². The van der Waals surface area contributed by atoms with Crippen LogP contribution in [0.25, 0.3) is 0 Å². The van der Waals surface area contributed by atoms with Crippen LogP contribution < -0.4 is 5.32 Å². The average molecular weight is 308 g/mol. The molecule has 0 spiro atoms. The maximum absolute atomic E-state index is 12.3. The fraction of sp³-hybridized carbons (Fsp3) is 0.611. The van der Waals surface area contributed by atoms with E-state index in [1.165, 1.54) is 32.1 Å². The maximum Gasteiger partial charge on any atom is 0.220 e. The van der Waals surface area contributed by atoms with Gasteiger partial charge in [-0.05, 0) is 24.8 Å². The molecule has 1 N–H and O–H groups in total. The van der Waals surface area contributed by atoms with Crippen LogP contribution in [-0.4, -0.2) is 11.8 Å². The van der Waals surface area contributed by atoms with E-state index in [1.54, 1.807) is 0 Å². The summed E-state index contributed by atoms with van der Waals surface area (Å²) in [6.45, 7) is 1.99. The standard InChI is InChI=1S/C18H26ClNO/c1-18(14-19,16-10-6-3-7-11-16)20-17(21)13-12-15-8-4-2-5-9-15/h3,6-7,10-11,15H,2,4-5,8-9,12-14H2,1H3,(H,20,21). The Morgan fingerprint density at radius 2 is 1.90 bits per heavy atom. The Morgan fingerprint density at radius 1 is 1.24 bits per heavy atom. The number of carbonyl (C=O) groups excluding carboxylic acids is 1. The molecule has 1 aliphatic rings. The lowest BCUT2D eigenvalue weighted by Gasteiger charge is -2.30. The van der Waals surface area contributed by atoms with Crippen molar-refractivity contribution in [3.05, 3.63) is 35.9 Å². The minimum absolute atomic E-state index is 0.118. The summed E-state index contributed by atoms with van der Waals surface area (Å²) in [7, 11) is 0. The smallest absolute Gasteiger partial charge is 0.220 e. The van der Waals surface area contributed by atoms with Crippen LogP contribution in [0, 0.1) is 5.92 Å². The van der Waals surface area contributed by atoms with Crippen LogP contribution in [0.4, 0.5) is 0 Å². The summed E-state index contributed by atoms with van der Waals surface area (Å²) in [4.78, 5) is 12.3. The zero-order valence-corrected chi connectivity index (χ0v) is 13.7. The Morgan fingerprint density at radius 3 is 2.52 bits per heavy atom. The Kier molecular flexibility index (Phi) is 6.10. The molecule has 2 rings (SSSR count). The van der Waals surface area contributed by atoms with Gasteiger partial charge in [0.15, 0.2) is 0 Å². The van der Waals surface area contributed by atoms with Gasteiger partial charge in [-0.1, -0.05) is 62.4 Å². The van der Waals surface area contributed by atoms with E-state index in [-0.39, 0.29) is 5.91 Å². The fourth-order valence-corrected chi connectivity index (χ4v) is 3.39. The minimum Gasteiger partial charge on any atom is -0.346 e. The molecule has 0 saturated heterocycles. The van der Waals surface area contributed by atoms with Crippen molar-refractivity contribution >= 4 is 17.5 Å². The van der Waals surface area contributed by atoms with Crippen LogP contribution in [0.15, 0.2) is 30.3 Å². The van der Waals surface area contributed by atoms with E-state index in [9.17, 15) is 4.79 Å². The van der Waals surface area contributed by atoms with Crippen molar-refractivity contribution < 1.29 is 4.79 Å². The van der Waals surface area contributed by atoms with E-state index in [0.717, 1.165) is 17.9 Å². The van der Waals surface area contributed by atoms with Crippen LogP contribution in [0.1, 0.15) is 57.4 Å². The number of carbonyl (C=O) groups is 1. The first-order valence-corrected chi connectivity index (χ1v) is 8.60. The van der Waals surface area contributed by atoms with E-state index < -0.39 is 5.54 Å². The van der Waals surface area contributed by atoms with Crippen LogP contribution in [0.3, 0.4) is 0 Å². The summed E-state index contributed by atoms with van der Waals surface area (Å²) in [5.74, 6) is 1.24. The van der Waals surface area contributed by atoms with Gasteiger partial charge in [0.05, 0.1) is 5.54 Å². The highest BCUT2D eigenvalue weighted by atomic mass is 35.5. The summed E-state index contributed by atoms with van der Waals surface area (Å²) in [6, 6.07) is 9.97. The minimum atomic E-state index is -0.480. The maximum atomic E-state index is 12.3. The number of halogens is 1. The molecule has 0 radical (unpaired) electrons. The monoisotopic (exact) mass is 307 g/mol. The van der Waals surface area contributed by atoms with Gasteiger partial charge in [-0.2, -0.15) is 0 Å². The number of amides is 1. The largest absolute Gasteiger partial charge is 0.346 e. The van der Waals surface area contributed by atoms with Crippen molar-refractivity contribution in [2.24, 2.45) is 5.92 Å². The molecule has 0 aliphatic heterocycles. The first-order valence-electron chi connectivity index (χ1n) is 8.06. The van der Waals surface area contributed by atoms with Crippen LogP contribution in [-0.2, 0) is 10.3 Å². The highest BCUT2D eigenvalue weighted by Crippen LogP contribution is 2.28. The van der Waals surface area contributed by atoms with Gasteiger partial charge in [0, 0.05) is 12.3 Å². The molecule has 1 aromatic rings. The second-order valence-corrected chi connectivity index (χ2v) is 6.69. The molecular weight excluding hydrogens is 282 g/mol. The van der Waals surface area contributed by atoms with Crippen molar-refractivity contribution in [1.29, 1.82) is 0 Å². The average Bonchev–Trinajstić information content (AvgIpc) is 2.54. The highest BCUT2D eigenvalue weighted by Gasteiger charge is 2.27. The molecule has 116 valence electrons. The van der Waals surface area contributed by atoms with Crippen LogP contribution in [0.2, 0.25) is 0 Å². The normalized spacial score (nSPS) is 19.0. The number of alkyl halides is 1. The molecular formula is C18H26ClNO. The molecule has 0 aromatic heterocycles. The van der Waals surface area contributed by atoms with Crippen molar-refractivity contribution in [3.8, 4) is 0 Å².